The van der Waals surface area contributed by atoms with Crippen molar-refractivity contribution in [2.75, 3.05) is 0 Å². The molecule has 21 heavy (non-hydrogen) atoms. The predicted octanol–water partition coefficient (Wildman–Crippen LogP) is 1.98. The molecule has 0 spiro atoms. The lowest BCUT2D eigenvalue weighted by atomic mass is 9.80. The molecule has 0 amide bonds. The van der Waals surface area contributed by atoms with Gasteiger partial charge in [-0.3, -0.25) is 14.9 Å². The average molecular weight is 303 g/mol. The van der Waals surface area contributed by atoms with Crippen LogP contribution in [0, 0.1) is 16.0 Å². The molecule has 3 rings (SSSR count). The van der Waals surface area contributed by atoms with Crippen LogP contribution in [0.15, 0.2) is 36.0 Å². The number of Topliss-reactive ketones (excluding diaryl/α,β-unsaturated/α-hetero) is 1. The van der Waals surface area contributed by atoms with E-state index in [1.165, 1.54) is 6.07 Å². The highest BCUT2D eigenvalue weighted by Crippen LogP contribution is 2.37. The van der Waals surface area contributed by atoms with E-state index in [0.717, 1.165) is 5.70 Å². The maximum atomic E-state index is 12.3. The number of thiocarbonyl (C=S) groups is 1. The number of nitrogens with one attached hydrogen (secondary N) is 2. The quantitative estimate of drug-likeness (QED) is 0.494. The maximum Gasteiger partial charge on any atom is 0.274 e. The van der Waals surface area contributed by atoms with Gasteiger partial charge in [-0.25, -0.2) is 0 Å². The van der Waals surface area contributed by atoms with Crippen molar-refractivity contribution in [2.45, 2.75) is 18.9 Å². The average Bonchev–Trinajstić information content (AvgIpc) is 2.46. The lowest BCUT2D eigenvalue weighted by Gasteiger charge is -2.37. The summed E-state index contributed by atoms with van der Waals surface area (Å²) in [4.78, 5) is 23.1. The molecule has 1 saturated heterocycles. The molecule has 2 N–H and O–H groups in total. The maximum absolute atomic E-state index is 12.3. The molecule has 0 aromatic heterocycles. The molecule has 6 nitrogen and oxygen atoms in total. The smallest absolute Gasteiger partial charge is 0.274 e. The number of hydrogen-bond donors (Lipinski definition) is 2. The van der Waals surface area contributed by atoms with Gasteiger partial charge in [0, 0.05) is 18.2 Å². The largest absolute Gasteiger partial charge is 0.354 e. The van der Waals surface area contributed by atoms with E-state index in [1.54, 1.807) is 18.2 Å². The van der Waals surface area contributed by atoms with Crippen molar-refractivity contribution in [3.8, 4) is 0 Å². The van der Waals surface area contributed by atoms with Crippen molar-refractivity contribution in [3.63, 3.8) is 0 Å². The first-order valence-electron chi connectivity index (χ1n) is 6.61. The third-order valence-electron chi connectivity index (χ3n) is 3.78. The van der Waals surface area contributed by atoms with Crippen LogP contribution in [0.25, 0.3) is 0 Å². The fraction of sp³-hybridized carbons (Fsp3) is 0.286. The standard InChI is InChI=1S/C14H13N3O3S/c18-11-7-3-5-9-12(11)13(16-14(21)15-9)8-4-1-2-6-10(8)17(19)20/h1-2,4-6,12-13H,3,7H2,(H2,15,16,21)/t12-,13-/m0/s1. The van der Waals surface area contributed by atoms with Crippen LogP contribution in [0.5, 0.6) is 0 Å². The van der Waals surface area contributed by atoms with Crippen LogP contribution in [0.1, 0.15) is 24.4 Å². The fourth-order valence-corrected chi connectivity index (χ4v) is 3.13. The third kappa shape index (κ3) is 2.40. The Morgan fingerprint density at radius 2 is 2.10 bits per heavy atom. The fourth-order valence-electron chi connectivity index (χ4n) is 2.89. The molecule has 1 aromatic carbocycles. The Kier molecular flexibility index (Phi) is 3.42. The second kappa shape index (κ2) is 5.25. The van der Waals surface area contributed by atoms with E-state index >= 15 is 0 Å². The van der Waals surface area contributed by atoms with Gasteiger partial charge in [-0.1, -0.05) is 24.3 Å². The number of carbonyl (C=O) groups excluding carboxylic acids is 1. The van der Waals surface area contributed by atoms with Crippen molar-refractivity contribution in [1.29, 1.82) is 0 Å². The molecule has 0 bridgehead atoms. The summed E-state index contributed by atoms with van der Waals surface area (Å²) < 4.78 is 0. The molecular formula is C14H13N3O3S. The number of allylic oxidation sites excluding steroid dienone is 1. The molecule has 0 saturated carbocycles. The van der Waals surface area contributed by atoms with E-state index in [2.05, 4.69) is 10.6 Å². The molecule has 7 heteroatoms. The number of nitrogens with zero attached hydrogens (tertiary/aromatic N) is 1. The molecule has 2 aliphatic rings. The van der Waals surface area contributed by atoms with Crippen molar-refractivity contribution in [3.05, 3.63) is 51.7 Å². The van der Waals surface area contributed by atoms with Gasteiger partial charge in [-0.15, -0.1) is 0 Å². The van der Waals surface area contributed by atoms with Crippen LogP contribution in [0.4, 0.5) is 5.69 Å². The summed E-state index contributed by atoms with van der Waals surface area (Å²) in [5, 5.41) is 17.6. The number of hydrogen-bond acceptors (Lipinski definition) is 4. The van der Waals surface area contributed by atoms with E-state index < -0.39 is 16.9 Å². The van der Waals surface area contributed by atoms with Gasteiger partial charge in [0.25, 0.3) is 5.69 Å². The van der Waals surface area contributed by atoms with Crippen LogP contribution in [0.3, 0.4) is 0 Å². The molecule has 0 unspecified atom stereocenters. The Bertz CT molecular complexity index is 671. The molecule has 1 aliphatic carbocycles. The molecule has 2 atom stereocenters. The van der Waals surface area contributed by atoms with Crippen LogP contribution in [-0.2, 0) is 4.79 Å². The summed E-state index contributed by atoms with van der Waals surface area (Å²) in [6.07, 6.45) is 3.06. The zero-order valence-corrected chi connectivity index (χ0v) is 11.9. The summed E-state index contributed by atoms with van der Waals surface area (Å²) in [5.41, 5.74) is 1.23. The Morgan fingerprint density at radius 3 is 2.86 bits per heavy atom. The molecule has 1 fully saturated rings. The van der Waals surface area contributed by atoms with Gasteiger partial charge in [-0.05, 0) is 18.6 Å². The summed E-state index contributed by atoms with van der Waals surface area (Å²) in [6, 6.07) is 5.95. The number of fused-ring (bicyclic) bond motifs is 1. The first-order valence-corrected chi connectivity index (χ1v) is 7.02. The van der Waals surface area contributed by atoms with Gasteiger partial charge in [0.1, 0.15) is 5.78 Å². The Labute approximate surface area is 126 Å². The number of para-hydroxylation sites is 1. The monoisotopic (exact) mass is 303 g/mol. The normalized spacial score (nSPS) is 24.5. The summed E-state index contributed by atoms with van der Waals surface area (Å²) >= 11 is 5.15. The summed E-state index contributed by atoms with van der Waals surface area (Å²) in [7, 11) is 0. The highest BCUT2D eigenvalue weighted by Gasteiger charge is 2.40. The van der Waals surface area contributed by atoms with Gasteiger partial charge < -0.3 is 10.6 Å². The lowest BCUT2D eigenvalue weighted by molar-refractivity contribution is -0.385. The van der Waals surface area contributed by atoms with E-state index in [-0.39, 0.29) is 11.5 Å². The minimum absolute atomic E-state index is 0.00239. The molecule has 108 valence electrons. The highest BCUT2D eigenvalue weighted by molar-refractivity contribution is 7.80. The molecule has 0 radical (unpaired) electrons. The number of carbonyl (C=O) groups is 1. The Balaban J connectivity index is 2.09. The van der Waals surface area contributed by atoms with E-state index in [0.29, 0.717) is 23.5 Å². The summed E-state index contributed by atoms with van der Waals surface area (Å²) in [6.45, 7) is 0. The molecule has 1 aromatic rings. The van der Waals surface area contributed by atoms with Crippen LogP contribution in [-0.4, -0.2) is 15.8 Å². The SMILES string of the molecule is O=C1CCC=C2NC(=S)N[C@@H](c3ccccc3[N+](=O)[O-])[C@H]12. The van der Waals surface area contributed by atoms with Crippen molar-refractivity contribution in [2.24, 2.45) is 5.92 Å². The van der Waals surface area contributed by atoms with Crippen molar-refractivity contribution in [1.82, 2.24) is 10.6 Å². The first-order chi connectivity index (χ1) is 10.1. The van der Waals surface area contributed by atoms with Gasteiger partial charge >= 0.3 is 0 Å². The van der Waals surface area contributed by atoms with Gasteiger partial charge in [-0.2, -0.15) is 0 Å². The minimum Gasteiger partial charge on any atom is -0.354 e. The van der Waals surface area contributed by atoms with Gasteiger partial charge in [0.2, 0.25) is 0 Å². The van der Waals surface area contributed by atoms with E-state index in [4.69, 9.17) is 12.2 Å². The van der Waals surface area contributed by atoms with Crippen LogP contribution < -0.4 is 10.6 Å². The number of nitro groups is 1. The first kappa shape index (κ1) is 13.7. The number of rotatable bonds is 2. The van der Waals surface area contributed by atoms with Gasteiger partial charge in [0.05, 0.1) is 22.4 Å². The lowest BCUT2D eigenvalue weighted by Crippen LogP contribution is -2.51. The minimum atomic E-state index is -0.501. The van der Waals surface area contributed by atoms with E-state index in [1.807, 2.05) is 6.08 Å². The zero-order chi connectivity index (χ0) is 15.0. The topological polar surface area (TPSA) is 84.3 Å². The zero-order valence-electron chi connectivity index (χ0n) is 11.0. The van der Waals surface area contributed by atoms with Crippen LogP contribution >= 0.6 is 12.2 Å². The Morgan fingerprint density at radius 1 is 1.33 bits per heavy atom. The second-order valence-corrected chi connectivity index (χ2v) is 5.44. The predicted molar refractivity (Wildman–Crippen MR) is 80.5 cm³/mol. The third-order valence-corrected chi connectivity index (χ3v) is 4.00. The van der Waals surface area contributed by atoms with Crippen molar-refractivity contribution >= 4 is 28.8 Å². The van der Waals surface area contributed by atoms with Crippen molar-refractivity contribution < 1.29 is 9.72 Å². The number of benzene rings is 1. The molecule has 1 aliphatic heterocycles. The van der Waals surface area contributed by atoms with Gasteiger partial charge in [0.15, 0.2) is 5.11 Å². The highest BCUT2D eigenvalue weighted by atomic mass is 32.1. The molecular weight excluding hydrogens is 290 g/mol. The van der Waals surface area contributed by atoms with Crippen LogP contribution in [0.2, 0.25) is 0 Å². The summed E-state index contributed by atoms with van der Waals surface area (Å²) in [5.74, 6) is -0.385. The number of nitro benzene ring substituents is 1. The Hall–Kier alpha value is -2.28. The molecule has 1 heterocycles. The van der Waals surface area contributed by atoms with E-state index in [9.17, 15) is 14.9 Å². The number of ketones is 1. The second-order valence-electron chi connectivity index (χ2n) is 5.03.